The lowest BCUT2D eigenvalue weighted by molar-refractivity contribution is -0.195. The minimum Gasteiger partial charge on any atom is -0.778 e. The Balaban J connectivity index is 2.70. The van der Waals surface area contributed by atoms with Crippen LogP contribution in [-0.4, -0.2) is 101 Å². The van der Waals surface area contributed by atoms with Gasteiger partial charge in [0.05, 0.1) is 18.5 Å². The van der Waals surface area contributed by atoms with E-state index in [1.165, 1.54) is 0 Å². The minimum atomic E-state index is -4.34. The lowest BCUT2D eigenvalue weighted by Crippen LogP contribution is -2.41. The van der Waals surface area contributed by atoms with Crippen LogP contribution < -0.4 is 4.89 Å². The first-order valence-electron chi connectivity index (χ1n) is 7.72. The molecule has 0 saturated carbocycles. The van der Waals surface area contributed by atoms with Gasteiger partial charge in [0.15, 0.2) is 0 Å². The van der Waals surface area contributed by atoms with Gasteiger partial charge in [0.2, 0.25) is 0 Å². The number of aliphatic hydroxyl groups excluding tert-OH is 2. The van der Waals surface area contributed by atoms with Crippen LogP contribution in [0.4, 0.5) is 0 Å². The topological polar surface area (TPSA) is 111 Å². The van der Waals surface area contributed by atoms with Gasteiger partial charge >= 0.3 is 0 Å². The Bertz CT molecular complexity index is 342. The van der Waals surface area contributed by atoms with Crippen LogP contribution in [0.5, 0.6) is 0 Å². The van der Waals surface area contributed by atoms with Crippen molar-refractivity contribution in [2.24, 2.45) is 0 Å². The van der Waals surface area contributed by atoms with Crippen molar-refractivity contribution < 1.29 is 24.6 Å². The smallest absolute Gasteiger partial charge is 0.146 e. The molecule has 0 radical (unpaired) electrons. The largest absolute Gasteiger partial charge is 0.778 e. The van der Waals surface area contributed by atoms with Crippen molar-refractivity contribution in [3.63, 3.8) is 0 Å². The summed E-state index contributed by atoms with van der Waals surface area (Å²) >= 11 is 0. The third-order valence-corrected chi connectivity index (χ3v) is 4.38. The zero-order chi connectivity index (χ0) is 16.8. The average Bonchev–Trinajstić information content (AvgIpc) is 2.41. The fourth-order valence-electron chi connectivity index (χ4n) is 2.69. The summed E-state index contributed by atoms with van der Waals surface area (Å²) in [5, 5.41) is 19.1. The molecule has 0 aromatic rings. The van der Waals surface area contributed by atoms with E-state index >= 15 is 0 Å². The fraction of sp³-hybridized carbons (Fsp3) is 1.00. The third-order valence-electron chi connectivity index (χ3n) is 3.62. The Morgan fingerprint density at radius 2 is 1.23 bits per heavy atom. The van der Waals surface area contributed by atoms with Gasteiger partial charge < -0.3 is 24.6 Å². The second-order valence-electron chi connectivity index (χ2n) is 6.20. The lowest BCUT2D eigenvalue weighted by atomic mass is 10.3. The first kappa shape index (κ1) is 20.0. The molecule has 8 nitrogen and oxygen atoms in total. The van der Waals surface area contributed by atoms with Gasteiger partial charge in [0.1, 0.15) is 7.60 Å². The molecular weight excluding hydrogens is 309 g/mol. The van der Waals surface area contributed by atoms with E-state index in [0.29, 0.717) is 39.3 Å². The SMILES string of the molecule is C[C@H](O)CN1CCN(C[C@H](C)O)CCN(CP(=O)([O-])O)CC1. The van der Waals surface area contributed by atoms with Crippen molar-refractivity contribution in [3.8, 4) is 0 Å². The summed E-state index contributed by atoms with van der Waals surface area (Å²) in [7, 11) is -4.34. The summed E-state index contributed by atoms with van der Waals surface area (Å²) in [6.45, 7) is 8.27. The Morgan fingerprint density at radius 1 is 0.909 bits per heavy atom. The van der Waals surface area contributed by atoms with E-state index in [0.717, 1.165) is 13.1 Å². The molecule has 0 aliphatic carbocycles. The summed E-state index contributed by atoms with van der Waals surface area (Å²) in [5.41, 5.74) is 0. The quantitative estimate of drug-likeness (QED) is 0.485. The molecular formula is C13H29N3O5P-. The van der Waals surface area contributed by atoms with Crippen molar-refractivity contribution in [3.05, 3.63) is 0 Å². The zero-order valence-corrected chi connectivity index (χ0v) is 14.4. The molecule has 22 heavy (non-hydrogen) atoms. The molecule has 1 rings (SSSR count). The number of hydrogen-bond acceptors (Lipinski definition) is 7. The van der Waals surface area contributed by atoms with Crippen molar-refractivity contribution in [2.45, 2.75) is 26.1 Å². The van der Waals surface area contributed by atoms with Gasteiger partial charge in [-0.2, -0.15) is 0 Å². The number of nitrogens with zero attached hydrogens (tertiary/aromatic N) is 3. The van der Waals surface area contributed by atoms with E-state index in [4.69, 9.17) is 4.89 Å². The standard InChI is InChI=1S/C13H30N3O5P/c1-12(17)9-14-3-4-15(10-13(2)18)6-8-16(7-5-14)11-22(19,20)21/h12-13,17-18H,3-11H2,1-2H3,(H2,19,20,21)/p-1/t12-,13-/m0/s1. The van der Waals surface area contributed by atoms with Gasteiger partial charge in [-0.25, -0.2) is 0 Å². The maximum absolute atomic E-state index is 11.1. The monoisotopic (exact) mass is 338 g/mol. The highest BCUT2D eigenvalue weighted by Crippen LogP contribution is 2.29. The molecule has 0 aromatic carbocycles. The molecule has 1 unspecified atom stereocenters. The Morgan fingerprint density at radius 3 is 1.50 bits per heavy atom. The maximum Gasteiger partial charge on any atom is 0.146 e. The van der Waals surface area contributed by atoms with Crippen LogP contribution in [0.1, 0.15) is 13.8 Å². The van der Waals surface area contributed by atoms with Crippen molar-refractivity contribution in [2.75, 3.05) is 58.6 Å². The van der Waals surface area contributed by atoms with Gasteiger partial charge in [0.25, 0.3) is 0 Å². The highest BCUT2D eigenvalue weighted by Gasteiger charge is 2.19. The van der Waals surface area contributed by atoms with E-state index < -0.39 is 19.8 Å². The van der Waals surface area contributed by atoms with Crippen LogP contribution in [0.15, 0.2) is 0 Å². The van der Waals surface area contributed by atoms with Gasteiger partial charge in [-0.3, -0.25) is 14.7 Å². The molecule has 1 aliphatic heterocycles. The van der Waals surface area contributed by atoms with Crippen molar-refractivity contribution >= 4 is 7.60 Å². The Labute approximate surface area is 132 Å². The van der Waals surface area contributed by atoms with Gasteiger partial charge in [-0.05, 0) is 13.8 Å². The summed E-state index contributed by atoms with van der Waals surface area (Å²) in [6, 6.07) is 0. The van der Waals surface area contributed by atoms with E-state index in [9.17, 15) is 19.7 Å². The second-order valence-corrected chi connectivity index (χ2v) is 7.75. The Kier molecular flexibility index (Phi) is 8.45. The minimum absolute atomic E-state index is 0.363. The first-order chi connectivity index (χ1) is 10.2. The Hall–Kier alpha value is -0.0500. The first-order valence-corrected chi connectivity index (χ1v) is 9.48. The van der Waals surface area contributed by atoms with Crippen LogP contribution in [0.3, 0.4) is 0 Å². The molecule has 1 saturated heterocycles. The van der Waals surface area contributed by atoms with Gasteiger partial charge in [0, 0.05) is 52.4 Å². The van der Waals surface area contributed by atoms with Crippen LogP contribution in [-0.2, 0) is 4.57 Å². The van der Waals surface area contributed by atoms with Crippen LogP contribution >= 0.6 is 7.60 Å². The molecule has 9 heteroatoms. The van der Waals surface area contributed by atoms with Crippen LogP contribution in [0, 0.1) is 0 Å². The van der Waals surface area contributed by atoms with E-state index in [-0.39, 0.29) is 6.29 Å². The number of aliphatic hydroxyl groups is 2. The molecule has 3 atom stereocenters. The molecule has 1 fully saturated rings. The number of hydrogen-bond donors (Lipinski definition) is 3. The predicted molar refractivity (Wildman–Crippen MR) is 82.5 cm³/mol. The van der Waals surface area contributed by atoms with E-state index in [1.807, 2.05) is 0 Å². The van der Waals surface area contributed by atoms with E-state index in [2.05, 4.69) is 9.80 Å². The molecule has 1 heterocycles. The molecule has 132 valence electrons. The zero-order valence-electron chi connectivity index (χ0n) is 13.5. The van der Waals surface area contributed by atoms with Gasteiger partial charge in [-0.1, -0.05) is 0 Å². The molecule has 0 amide bonds. The summed E-state index contributed by atoms with van der Waals surface area (Å²) in [4.78, 5) is 26.1. The highest BCUT2D eigenvalue weighted by atomic mass is 31.2. The van der Waals surface area contributed by atoms with Crippen LogP contribution in [0.25, 0.3) is 0 Å². The average molecular weight is 338 g/mol. The van der Waals surface area contributed by atoms with Gasteiger partial charge in [-0.15, -0.1) is 0 Å². The van der Waals surface area contributed by atoms with Crippen molar-refractivity contribution in [1.82, 2.24) is 14.7 Å². The third kappa shape index (κ3) is 9.17. The molecule has 0 spiro atoms. The summed E-state index contributed by atoms with van der Waals surface area (Å²) < 4.78 is 11.1. The predicted octanol–water partition coefficient (Wildman–Crippen LogP) is -1.83. The second kappa shape index (κ2) is 9.30. The van der Waals surface area contributed by atoms with Crippen molar-refractivity contribution in [1.29, 1.82) is 0 Å². The normalized spacial score (nSPS) is 25.7. The lowest BCUT2D eigenvalue weighted by Gasteiger charge is -2.29. The highest BCUT2D eigenvalue weighted by molar-refractivity contribution is 7.50. The fourth-order valence-corrected chi connectivity index (χ4v) is 3.48. The number of β-amino-alcohol motifs (C(OH)–C–C–N with tert-alkyl or cyclic N) is 2. The van der Waals surface area contributed by atoms with E-state index in [1.54, 1.807) is 18.7 Å². The molecule has 0 bridgehead atoms. The maximum atomic E-state index is 11.1. The molecule has 1 aliphatic rings. The van der Waals surface area contributed by atoms with Crippen LogP contribution in [0.2, 0.25) is 0 Å². The number of rotatable bonds is 6. The molecule has 0 aromatic heterocycles. The molecule has 3 N–H and O–H groups in total. The summed E-state index contributed by atoms with van der Waals surface area (Å²) in [6.07, 6.45) is -1.27. The summed E-state index contributed by atoms with van der Waals surface area (Å²) in [5.74, 6) is 0.